The summed E-state index contributed by atoms with van der Waals surface area (Å²) in [5, 5.41) is 2.83. The van der Waals surface area contributed by atoms with Crippen LogP contribution in [0.25, 0.3) is 11.3 Å². The second-order valence-electron chi connectivity index (χ2n) is 6.16. The Morgan fingerprint density at radius 2 is 1.72 bits per heavy atom. The van der Waals surface area contributed by atoms with Crippen molar-refractivity contribution >= 4 is 5.91 Å². The number of nitrogens with one attached hydrogen (secondary N) is 1. The van der Waals surface area contributed by atoms with Crippen LogP contribution in [0, 0.1) is 0 Å². The topological polar surface area (TPSA) is 51.1 Å². The molecule has 0 saturated carbocycles. The summed E-state index contributed by atoms with van der Waals surface area (Å²) >= 11 is 0. The lowest BCUT2D eigenvalue weighted by atomic mass is 9.97. The molecule has 0 bridgehead atoms. The van der Waals surface area contributed by atoms with E-state index >= 15 is 0 Å². The fourth-order valence-corrected chi connectivity index (χ4v) is 3.30. The van der Waals surface area contributed by atoms with E-state index < -0.39 is 0 Å². The number of aryl methyl sites for hydroxylation is 1. The molecule has 0 unspecified atom stereocenters. The van der Waals surface area contributed by atoms with Gasteiger partial charge in [-0.05, 0) is 29.7 Å². The standard InChI is InChI=1S/C21H18N2O2/c24-20(22-14-15-6-2-1-3-7-15)18-10-11-19-17-9-5-4-8-16(17)12-13-23(19)21(18)25/h1-11H,12-14H2,(H,22,24). The van der Waals surface area contributed by atoms with Gasteiger partial charge < -0.3 is 9.88 Å². The third-order valence-corrected chi connectivity index (χ3v) is 4.61. The molecule has 0 atom stereocenters. The Morgan fingerprint density at radius 1 is 0.960 bits per heavy atom. The molecule has 3 aromatic rings. The first-order chi connectivity index (χ1) is 12.2. The Balaban J connectivity index is 1.63. The van der Waals surface area contributed by atoms with E-state index in [2.05, 4.69) is 11.4 Å². The molecule has 1 N–H and O–H groups in total. The molecule has 0 fully saturated rings. The van der Waals surface area contributed by atoms with Crippen molar-refractivity contribution in [2.75, 3.05) is 0 Å². The van der Waals surface area contributed by atoms with E-state index in [4.69, 9.17) is 0 Å². The van der Waals surface area contributed by atoms with Crippen LogP contribution in [0.4, 0.5) is 0 Å². The average molecular weight is 330 g/mol. The lowest BCUT2D eigenvalue weighted by Crippen LogP contribution is -2.34. The zero-order chi connectivity index (χ0) is 17.2. The minimum Gasteiger partial charge on any atom is -0.348 e. The van der Waals surface area contributed by atoms with Crippen molar-refractivity contribution in [1.82, 2.24) is 9.88 Å². The van der Waals surface area contributed by atoms with Crippen molar-refractivity contribution in [3.63, 3.8) is 0 Å². The van der Waals surface area contributed by atoms with Crippen LogP contribution in [-0.2, 0) is 19.5 Å². The number of hydrogen-bond acceptors (Lipinski definition) is 2. The van der Waals surface area contributed by atoms with Crippen LogP contribution in [0.2, 0.25) is 0 Å². The van der Waals surface area contributed by atoms with Gasteiger partial charge >= 0.3 is 0 Å². The number of amides is 1. The van der Waals surface area contributed by atoms with Gasteiger partial charge in [0.1, 0.15) is 5.56 Å². The van der Waals surface area contributed by atoms with Gasteiger partial charge in [0, 0.05) is 18.7 Å². The first kappa shape index (κ1) is 15.4. The van der Waals surface area contributed by atoms with Crippen molar-refractivity contribution in [2.45, 2.75) is 19.5 Å². The summed E-state index contributed by atoms with van der Waals surface area (Å²) in [6, 6.07) is 21.3. The van der Waals surface area contributed by atoms with Crippen LogP contribution in [-0.4, -0.2) is 10.5 Å². The number of aromatic nitrogens is 1. The summed E-state index contributed by atoms with van der Waals surface area (Å²) in [4.78, 5) is 25.2. The van der Waals surface area contributed by atoms with E-state index in [1.807, 2.05) is 54.6 Å². The first-order valence-electron chi connectivity index (χ1n) is 8.38. The highest BCUT2D eigenvalue weighted by Gasteiger charge is 2.20. The van der Waals surface area contributed by atoms with Crippen LogP contribution in [0.3, 0.4) is 0 Å². The Labute approximate surface area is 145 Å². The zero-order valence-electron chi connectivity index (χ0n) is 13.7. The number of fused-ring (bicyclic) bond motifs is 3. The van der Waals surface area contributed by atoms with Crippen LogP contribution < -0.4 is 10.9 Å². The van der Waals surface area contributed by atoms with E-state index in [9.17, 15) is 9.59 Å². The van der Waals surface area contributed by atoms with Gasteiger partial charge in [0.05, 0.1) is 5.69 Å². The molecule has 2 heterocycles. The molecular weight excluding hydrogens is 312 g/mol. The van der Waals surface area contributed by atoms with Crippen LogP contribution in [0.5, 0.6) is 0 Å². The fourth-order valence-electron chi connectivity index (χ4n) is 3.30. The third kappa shape index (κ3) is 2.87. The average Bonchev–Trinajstić information content (AvgIpc) is 2.67. The van der Waals surface area contributed by atoms with Crippen molar-refractivity contribution in [3.05, 3.63) is 93.8 Å². The van der Waals surface area contributed by atoms with Gasteiger partial charge in [-0.2, -0.15) is 0 Å². The largest absolute Gasteiger partial charge is 0.348 e. The van der Waals surface area contributed by atoms with Gasteiger partial charge in [-0.3, -0.25) is 9.59 Å². The van der Waals surface area contributed by atoms with E-state index in [-0.39, 0.29) is 17.0 Å². The highest BCUT2D eigenvalue weighted by Crippen LogP contribution is 2.27. The summed E-state index contributed by atoms with van der Waals surface area (Å²) in [5.74, 6) is -0.331. The second-order valence-corrected chi connectivity index (χ2v) is 6.16. The number of pyridine rings is 1. The molecule has 0 aliphatic carbocycles. The second kappa shape index (κ2) is 6.40. The third-order valence-electron chi connectivity index (χ3n) is 4.61. The Hall–Kier alpha value is -3.14. The molecule has 4 rings (SSSR count). The minimum atomic E-state index is -0.331. The minimum absolute atomic E-state index is 0.194. The molecule has 0 radical (unpaired) electrons. The lowest BCUT2D eigenvalue weighted by molar-refractivity contribution is 0.0949. The van der Waals surface area contributed by atoms with Crippen LogP contribution in [0.15, 0.2) is 71.5 Å². The molecule has 1 aliphatic heterocycles. The van der Waals surface area contributed by atoms with Crippen molar-refractivity contribution in [3.8, 4) is 11.3 Å². The SMILES string of the molecule is O=C(NCc1ccccc1)c1ccc2n(c1=O)CCc1ccccc1-2. The van der Waals surface area contributed by atoms with Gasteiger partial charge in [0.15, 0.2) is 0 Å². The summed E-state index contributed by atoms with van der Waals surface area (Å²) in [6.45, 7) is 1.01. The summed E-state index contributed by atoms with van der Waals surface area (Å²) in [5.41, 5.74) is 4.16. The summed E-state index contributed by atoms with van der Waals surface area (Å²) < 4.78 is 1.71. The maximum atomic E-state index is 12.8. The van der Waals surface area contributed by atoms with Gasteiger partial charge in [0.25, 0.3) is 11.5 Å². The number of benzene rings is 2. The van der Waals surface area contributed by atoms with E-state index in [1.54, 1.807) is 10.6 Å². The van der Waals surface area contributed by atoms with E-state index in [1.165, 1.54) is 5.56 Å². The summed E-state index contributed by atoms with van der Waals surface area (Å²) in [6.07, 6.45) is 0.804. The first-order valence-corrected chi connectivity index (χ1v) is 8.38. The molecule has 124 valence electrons. The van der Waals surface area contributed by atoms with Gasteiger partial charge in [0.2, 0.25) is 0 Å². The maximum absolute atomic E-state index is 12.8. The Kier molecular flexibility index (Phi) is 3.94. The number of carbonyl (C=O) groups is 1. The highest BCUT2D eigenvalue weighted by atomic mass is 16.2. The van der Waals surface area contributed by atoms with Gasteiger partial charge in [-0.25, -0.2) is 0 Å². The van der Waals surface area contributed by atoms with E-state index in [0.717, 1.165) is 23.2 Å². The predicted octanol–water partition coefficient (Wildman–Crippen LogP) is 3.00. The molecule has 0 saturated heterocycles. The summed E-state index contributed by atoms with van der Waals surface area (Å²) in [7, 11) is 0. The molecule has 25 heavy (non-hydrogen) atoms. The quantitative estimate of drug-likeness (QED) is 0.802. The van der Waals surface area contributed by atoms with Crippen LogP contribution >= 0.6 is 0 Å². The normalized spacial score (nSPS) is 12.2. The van der Waals surface area contributed by atoms with Crippen molar-refractivity contribution in [2.24, 2.45) is 0 Å². The number of rotatable bonds is 3. The Bertz CT molecular complexity index is 990. The molecule has 1 amide bonds. The fraction of sp³-hybridized carbons (Fsp3) is 0.143. The van der Waals surface area contributed by atoms with Crippen molar-refractivity contribution in [1.29, 1.82) is 0 Å². The lowest BCUT2D eigenvalue weighted by Gasteiger charge is -2.22. The molecule has 4 heteroatoms. The number of hydrogen-bond donors (Lipinski definition) is 1. The monoisotopic (exact) mass is 330 g/mol. The van der Waals surface area contributed by atoms with Gasteiger partial charge in [-0.1, -0.05) is 54.6 Å². The molecule has 2 aromatic carbocycles. The van der Waals surface area contributed by atoms with Crippen LogP contribution in [0.1, 0.15) is 21.5 Å². The molecule has 4 nitrogen and oxygen atoms in total. The van der Waals surface area contributed by atoms with Gasteiger partial charge in [-0.15, -0.1) is 0 Å². The maximum Gasteiger partial charge on any atom is 0.263 e. The number of carbonyl (C=O) groups excluding carboxylic acids is 1. The van der Waals surface area contributed by atoms with E-state index in [0.29, 0.717) is 13.1 Å². The Morgan fingerprint density at radius 3 is 2.56 bits per heavy atom. The molecule has 1 aliphatic rings. The molecule has 0 spiro atoms. The number of nitrogens with zero attached hydrogens (tertiary/aromatic N) is 1. The predicted molar refractivity (Wildman–Crippen MR) is 97.5 cm³/mol. The zero-order valence-corrected chi connectivity index (χ0v) is 13.7. The smallest absolute Gasteiger partial charge is 0.263 e. The van der Waals surface area contributed by atoms with Crippen molar-refractivity contribution < 1.29 is 4.79 Å². The molecule has 1 aromatic heterocycles. The highest BCUT2D eigenvalue weighted by molar-refractivity contribution is 5.94. The molecular formula is C21H18N2O2.